The molecule has 1 unspecified atom stereocenters. The van der Waals surface area contributed by atoms with Crippen LogP contribution in [0.2, 0.25) is 0 Å². The maximum absolute atomic E-state index is 6.11. The van der Waals surface area contributed by atoms with E-state index < -0.39 is 0 Å². The zero-order valence-corrected chi connectivity index (χ0v) is 10.1. The summed E-state index contributed by atoms with van der Waals surface area (Å²) >= 11 is 0. The van der Waals surface area contributed by atoms with E-state index >= 15 is 0 Å². The Kier molecular flexibility index (Phi) is 3.28. The van der Waals surface area contributed by atoms with E-state index in [2.05, 4.69) is 43.1 Å². The van der Waals surface area contributed by atoms with Crippen LogP contribution in [0.3, 0.4) is 0 Å². The van der Waals surface area contributed by atoms with Crippen LogP contribution in [0, 0.1) is 0 Å². The molecule has 0 aliphatic heterocycles. The molecule has 1 atom stereocenters. The number of nitrogens with zero attached hydrogens (tertiary/aromatic N) is 1. The van der Waals surface area contributed by atoms with Crippen molar-refractivity contribution in [2.75, 3.05) is 0 Å². The molecule has 1 aliphatic carbocycles. The van der Waals surface area contributed by atoms with Crippen LogP contribution in [0.15, 0.2) is 29.3 Å². The van der Waals surface area contributed by atoms with E-state index in [4.69, 9.17) is 5.73 Å². The minimum Gasteiger partial charge on any atom is -0.387 e. The largest absolute Gasteiger partial charge is 0.387 e. The molecule has 1 aliphatic rings. The second-order valence-corrected chi connectivity index (χ2v) is 4.79. The van der Waals surface area contributed by atoms with Gasteiger partial charge in [-0.25, -0.2) is 0 Å². The summed E-state index contributed by atoms with van der Waals surface area (Å²) in [5.41, 5.74) is 8.94. The van der Waals surface area contributed by atoms with Gasteiger partial charge in [0.25, 0.3) is 0 Å². The second kappa shape index (κ2) is 4.69. The summed E-state index contributed by atoms with van der Waals surface area (Å²) < 4.78 is 0. The monoisotopic (exact) mass is 216 g/mol. The lowest BCUT2D eigenvalue weighted by atomic mass is 9.82. The van der Waals surface area contributed by atoms with Gasteiger partial charge in [0.1, 0.15) is 5.84 Å². The van der Waals surface area contributed by atoms with Crippen LogP contribution in [0.1, 0.15) is 43.7 Å². The van der Waals surface area contributed by atoms with Crippen LogP contribution in [-0.4, -0.2) is 11.9 Å². The smallest absolute Gasteiger partial charge is 0.102 e. The molecule has 0 saturated carbocycles. The van der Waals surface area contributed by atoms with Crippen LogP contribution in [-0.2, 0) is 6.42 Å². The molecular formula is C14H20N2. The topological polar surface area (TPSA) is 38.4 Å². The van der Waals surface area contributed by atoms with E-state index in [1.54, 1.807) is 0 Å². The molecule has 16 heavy (non-hydrogen) atoms. The molecule has 2 nitrogen and oxygen atoms in total. The highest BCUT2D eigenvalue weighted by Crippen LogP contribution is 2.31. The zero-order chi connectivity index (χ0) is 11.5. The van der Waals surface area contributed by atoms with Crippen molar-refractivity contribution < 1.29 is 0 Å². The molecule has 1 aromatic carbocycles. The average Bonchev–Trinajstić information content (AvgIpc) is 2.27. The Hall–Kier alpha value is -1.31. The summed E-state index contributed by atoms with van der Waals surface area (Å²) in [7, 11) is 0. The zero-order valence-electron chi connectivity index (χ0n) is 10.1. The van der Waals surface area contributed by atoms with E-state index in [-0.39, 0.29) is 6.04 Å². The molecule has 0 aromatic heterocycles. The number of aliphatic imine (C=N–C) groups is 1. The number of hydrogen-bond donors (Lipinski definition) is 1. The Morgan fingerprint density at radius 1 is 1.38 bits per heavy atom. The Balaban J connectivity index is 2.32. The van der Waals surface area contributed by atoms with Crippen molar-refractivity contribution in [3.8, 4) is 0 Å². The van der Waals surface area contributed by atoms with E-state index in [1.165, 1.54) is 24.0 Å². The first-order valence-corrected chi connectivity index (χ1v) is 6.09. The minimum absolute atomic E-state index is 0.286. The molecule has 0 saturated heterocycles. The lowest BCUT2D eigenvalue weighted by Crippen LogP contribution is -2.26. The van der Waals surface area contributed by atoms with Crippen LogP contribution >= 0.6 is 0 Å². The van der Waals surface area contributed by atoms with Crippen LogP contribution in [0.25, 0.3) is 0 Å². The van der Waals surface area contributed by atoms with E-state index in [0.717, 1.165) is 12.3 Å². The van der Waals surface area contributed by atoms with E-state index in [9.17, 15) is 0 Å². The maximum atomic E-state index is 6.11. The van der Waals surface area contributed by atoms with Gasteiger partial charge in [-0.15, -0.1) is 0 Å². The van der Waals surface area contributed by atoms with Gasteiger partial charge in [0.05, 0.1) is 0 Å². The van der Waals surface area contributed by atoms with Crippen molar-refractivity contribution in [3.05, 3.63) is 35.4 Å². The van der Waals surface area contributed by atoms with Crippen molar-refractivity contribution in [1.29, 1.82) is 0 Å². The van der Waals surface area contributed by atoms with Gasteiger partial charge in [-0.1, -0.05) is 24.3 Å². The maximum Gasteiger partial charge on any atom is 0.102 e. The highest BCUT2D eigenvalue weighted by molar-refractivity contribution is 5.88. The standard InChI is InChI=1S/C14H20N2/c1-10(2)16-14(15)13-9-5-7-11-6-3-4-8-12(11)13/h3-4,6,8,10,13H,5,7,9H2,1-2H3,(H2,15,16). The number of hydrogen-bond acceptors (Lipinski definition) is 1. The summed E-state index contributed by atoms with van der Waals surface area (Å²) in [6.45, 7) is 4.14. The second-order valence-electron chi connectivity index (χ2n) is 4.79. The van der Waals surface area contributed by atoms with Gasteiger partial charge in [-0.3, -0.25) is 4.99 Å². The molecular weight excluding hydrogens is 196 g/mol. The minimum atomic E-state index is 0.286. The SMILES string of the molecule is CC(C)N=C(N)C1CCCc2ccccc21. The molecule has 1 aromatic rings. The molecule has 0 radical (unpaired) electrons. The Bertz CT molecular complexity index is 393. The molecule has 0 spiro atoms. The molecule has 0 amide bonds. The fourth-order valence-corrected chi connectivity index (χ4v) is 2.45. The predicted molar refractivity (Wildman–Crippen MR) is 68.9 cm³/mol. The first kappa shape index (κ1) is 11.2. The van der Waals surface area contributed by atoms with Gasteiger partial charge >= 0.3 is 0 Å². The van der Waals surface area contributed by atoms with Gasteiger partial charge in [0, 0.05) is 12.0 Å². The van der Waals surface area contributed by atoms with Crippen molar-refractivity contribution in [3.63, 3.8) is 0 Å². The normalized spacial score (nSPS) is 20.9. The molecule has 2 heteroatoms. The number of benzene rings is 1. The van der Waals surface area contributed by atoms with Crippen molar-refractivity contribution in [1.82, 2.24) is 0 Å². The van der Waals surface area contributed by atoms with E-state index in [1.807, 2.05) is 0 Å². The molecule has 2 N–H and O–H groups in total. The number of amidine groups is 1. The lowest BCUT2D eigenvalue weighted by molar-refractivity contribution is 0.641. The van der Waals surface area contributed by atoms with E-state index in [0.29, 0.717) is 5.92 Å². The van der Waals surface area contributed by atoms with Crippen LogP contribution in [0.4, 0.5) is 0 Å². The first-order valence-electron chi connectivity index (χ1n) is 6.09. The summed E-state index contributed by atoms with van der Waals surface area (Å²) in [6, 6.07) is 8.90. The van der Waals surface area contributed by atoms with Gasteiger partial charge in [-0.2, -0.15) is 0 Å². The summed E-state index contributed by atoms with van der Waals surface area (Å²) in [4.78, 5) is 4.49. The Morgan fingerprint density at radius 2 is 2.12 bits per heavy atom. The highest BCUT2D eigenvalue weighted by atomic mass is 14.9. The molecule has 0 heterocycles. The van der Waals surface area contributed by atoms with Crippen molar-refractivity contribution in [2.24, 2.45) is 10.7 Å². The summed E-state index contributed by atoms with van der Waals surface area (Å²) in [6.07, 6.45) is 3.54. The fourth-order valence-electron chi connectivity index (χ4n) is 2.45. The van der Waals surface area contributed by atoms with Gasteiger partial charge in [0.15, 0.2) is 0 Å². The number of rotatable bonds is 2. The predicted octanol–water partition coefficient (Wildman–Crippen LogP) is 2.87. The Morgan fingerprint density at radius 3 is 2.88 bits per heavy atom. The number of fused-ring (bicyclic) bond motifs is 1. The molecule has 0 bridgehead atoms. The quantitative estimate of drug-likeness (QED) is 0.599. The van der Waals surface area contributed by atoms with Gasteiger partial charge in [0.2, 0.25) is 0 Å². The first-order chi connectivity index (χ1) is 7.68. The molecule has 2 rings (SSSR count). The van der Waals surface area contributed by atoms with Gasteiger partial charge in [-0.05, 0) is 44.2 Å². The third-order valence-corrected chi connectivity index (χ3v) is 3.13. The third-order valence-electron chi connectivity index (χ3n) is 3.13. The number of aryl methyl sites for hydroxylation is 1. The van der Waals surface area contributed by atoms with Crippen LogP contribution < -0.4 is 5.73 Å². The fraction of sp³-hybridized carbons (Fsp3) is 0.500. The molecule has 86 valence electrons. The average molecular weight is 216 g/mol. The van der Waals surface area contributed by atoms with Crippen molar-refractivity contribution in [2.45, 2.75) is 45.1 Å². The summed E-state index contributed by atoms with van der Waals surface area (Å²) in [5.74, 6) is 1.15. The number of nitrogens with two attached hydrogens (primary N) is 1. The van der Waals surface area contributed by atoms with Crippen LogP contribution in [0.5, 0.6) is 0 Å². The third kappa shape index (κ3) is 2.26. The lowest BCUT2D eigenvalue weighted by Gasteiger charge is -2.25. The summed E-state index contributed by atoms with van der Waals surface area (Å²) in [5, 5.41) is 0. The Labute approximate surface area is 97.6 Å². The van der Waals surface area contributed by atoms with Crippen molar-refractivity contribution >= 4 is 5.84 Å². The molecule has 0 fully saturated rings. The van der Waals surface area contributed by atoms with Gasteiger partial charge < -0.3 is 5.73 Å². The highest BCUT2D eigenvalue weighted by Gasteiger charge is 2.22.